The molecule has 19 heavy (non-hydrogen) atoms. The number of benzene rings is 1. The molecule has 1 atom stereocenters. The minimum Gasteiger partial charge on any atom is -0.307 e. The molecule has 0 fully saturated rings. The van der Waals surface area contributed by atoms with Crippen molar-refractivity contribution in [3.8, 4) is 0 Å². The van der Waals surface area contributed by atoms with Gasteiger partial charge in [0.25, 0.3) is 5.91 Å². The van der Waals surface area contributed by atoms with E-state index in [1.54, 1.807) is 16.9 Å². The van der Waals surface area contributed by atoms with Gasteiger partial charge in [-0.2, -0.15) is 5.10 Å². The molecule has 0 saturated carbocycles. The van der Waals surface area contributed by atoms with Gasteiger partial charge in [0.1, 0.15) is 11.6 Å². The molecule has 1 amide bonds. The molecule has 2 rings (SSSR count). The summed E-state index contributed by atoms with van der Waals surface area (Å²) in [6, 6.07) is 7.39. The third kappa shape index (κ3) is 2.99. The van der Waals surface area contributed by atoms with E-state index in [-0.39, 0.29) is 17.8 Å². The lowest BCUT2D eigenvalue weighted by atomic mass is 10.2. The van der Waals surface area contributed by atoms with Crippen LogP contribution >= 0.6 is 0 Å². The van der Waals surface area contributed by atoms with Gasteiger partial charge in [-0.3, -0.25) is 4.79 Å². The third-order valence-electron chi connectivity index (χ3n) is 3.03. The van der Waals surface area contributed by atoms with Gasteiger partial charge >= 0.3 is 0 Å². The minimum atomic E-state index is -0.360. The smallest absolute Gasteiger partial charge is 0.256 e. The summed E-state index contributed by atoms with van der Waals surface area (Å²) >= 11 is 0. The molecule has 1 heterocycles. The molecule has 0 aliphatic carbocycles. The standard InChI is InChI=1S/C14H16FN3O/c1-3-10(2)18-13(8-9-16-18)17-14(19)11-4-6-12(15)7-5-11/h4-10H,3H2,1-2H3,(H,17,19). The van der Waals surface area contributed by atoms with Gasteiger partial charge in [-0.05, 0) is 37.6 Å². The van der Waals surface area contributed by atoms with Crippen LogP contribution < -0.4 is 5.32 Å². The predicted octanol–water partition coefficient (Wildman–Crippen LogP) is 3.25. The summed E-state index contributed by atoms with van der Waals surface area (Å²) < 4.78 is 14.6. The molecule has 5 heteroatoms. The van der Waals surface area contributed by atoms with Crippen molar-refractivity contribution in [2.45, 2.75) is 26.3 Å². The van der Waals surface area contributed by atoms with E-state index in [9.17, 15) is 9.18 Å². The maximum atomic E-state index is 12.8. The molecule has 0 saturated heterocycles. The SMILES string of the molecule is CCC(C)n1nccc1NC(=O)c1ccc(F)cc1. The number of amides is 1. The normalized spacial score (nSPS) is 12.2. The zero-order valence-corrected chi connectivity index (χ0v) is 10.9. The predicted molar refractivity (Wildman–Crippen MR) is 71.6 cm³/mol. The molecule has 0 radical (unpaired) electrons. The minimum absolute atomic E-state index is 0.207. The molecule has 0 spiro atoms. The maximum absolute atomic E-state index is 12.8. The van der Waals surface area contributed by atoms with E-state index in [0.717, 1.165) is 6.42 Å². The lowest BCUT2D eigenvalue weighted by Crippen LogP contribution is -2.17. The summed E-state index contributed by atoms with van der Waals surface area (Å²) in [4.78, 5) is 12.0. The average Bonchev–Trinajstić information content (AvgIpc) is 2.86. The van der Waals surface area contributed by atoms with E-state index in [1.807, 2.05) is 6.92 Å². The quantitative estimate of drug-likeness (QED) is 0.918. The monoisotopic (exact) mass is 261 g/mol. The van der Waals surface area contributed by atoms with Gasteiger partial charge in [-0.1, -0.05) is 6.92 Å². The van der Waals surface area contributed by atoms with Crippen LogP contribution in [-0.2, 0) is 0 Å². The van der Waals surface area contributed by atoms with Crippen molar-refractivity contribution in [2.24, 2.45) is 0 Å². The summed E-state index contributed by atoms with van der Waals surface area (Å²) in [5, 5.41) is 6.97. The van der Waals surface area contributed by atoms with Crippen LogP contribution in [0.5, 0.6) is 0 Å². The summed E-state index contributed by atoms with van der Waals surface area (Å²) in [5.74, 6) is 0.00919. The zero-order chi connectivity index (χ0) is 13.8. The van der Waals surface area contributed by atoms with Crippen molar-refractivity contribution in [3.05, 3.63) is 47.9 Å². The van der Waals surface area contributed by atoms with Gasteiger partial charge in [-0.15, -0.1) is 0 Å². The first kappa shape index (κ1) is 13.3. The van der Waals surface area contributed by atoms with E-state index in [4.69, 9.17) is 0 Å². The maximum Gasteiger partial charge on any atom is 0.256 e. The van der Waals surface area contributed by atoms with Crippen molar-refractivity contribution < 1.29 is 9.18 Å². The van der Waals surface area contributed by atoms with Gasteiger partial charge in [-0.25, -0.2) is 9.07 Å². The second-order valence-electron chi connectivity index (χ2n) is 4.38. The van der Waals surface area contributed by atoms with Gasteiger partial charge < -0.3 is 5.32 Å². The summed E-state index contributed by atoms with van der Waals surface area (Å²) in [6.45, 7) is 4.08. The Labute approximate surface area is 111 Å². The van der Waals surface area contributed by atoms with Crippen LogP contribution in [0.1, 0.15) is 36.7 Å². The van der Waals surface area contributed by atoms with Crippen LogP contribution in [-0.4, -0.2) is 15.7 Å². The summed E-state index contributed by atoms with van der Waals surface area (Å²) in [6.07, 6.45) is 2.56. The fraction of sp³-hybridized carbons (Fsp3) is 0.286. The van der Waals surface area contributed by atoms with Crippen LogP contribution in [0, 0.1) is 5.82 Å². The highest BCUT2D eigenvalue weighted by Crippen LogP contribution is 2.17. The Bertz CT molecular complexity index is 562. The molecule has 4 nitrogen and oxygen atoms in total. The first-order chi connectivity index (χ1) is 9.11. The van der Waals surface area contributed by atoms with Crippen molar-refractivity contribution in [3.63, 3.8) is 0 Å². The number of carbonyl (C=O) groups excluding carboxylic acids is 1. The van der Waals surface area contributed by atoms with E-state index in [2.05, 4.69) is 17.3 Å². The fourth-order valence-electron chi connectivity index (χ4n) is 1.73. The molecule has 1 unspecified atom stereocenters. The summed E-state index contributed by atoms with van der Waals surface area (Å²) in [7, 11) is 0. The Morgan fingerprint density at radius 3 is 2.68 bits per heavy atom. The van der Waals surface area contributed by atoms with Gasteiger partial charge in [0.05, 0.1) is 12.2 Å². The zero-order valence-electron chi connectivity index (χ0n) is 10.9. The summed E-state index contributed by atoms with van der Waals surface area (Å²) in [5.41, 5.74) is 0.415. The molecule has 0 bridgehead atoms. The highest BCUT2D eigenvalue weighted by atomic mass is 19.1. The molecule has 0 aliphatic rings. The number of hydrogen-bond acceptors (Lipinski definition) is 2. The number of aromatic nitrogens is 2. The Hall–Kier alpha value is -2.17. The lowest BCUT2D eigenvalue weighted by molar-refractivity contribution is 0.102. The molecule has 100 valence electrons. The van der Waals surface area contributed by atoms with E-state index >= 15 is 0 Å². The number of halogens is 1. The number of anilines is 1. The third-order valence-corrected chi connectivity index (χ3v) is 3.03. The largest absolute Gasteiger partial charge is 0.307 e. The Kier molecular flexibility index (Phi) is 3.94. The molecule has 2 aromatic rings. The molecular weight excluding hydrogens is 245 g/mol. The van der Waals surface area contributed by atoms with Crippen molar-refractivity contribution in [1.29, 1.82) is 0 Å². The highest BCUT2D eigenvalue weighted by Gasteiger charge is 2.12. The Morgan fingerprint density at radius 1 is 1.37 bits per heavy atom. The van der Waals surface area contributed by atoms with Crippen LogP contribution in [0.25, 0.3) is 0 Å². The van der Waals surface area contributed by atoms with Crippen LogP contribution in [0.3, 0.4) is 0 Å². The van der Waals surface area contributed by atoms with E-state index < -0.39 is 0 Å². The van der Waals surface area contributed by atoms with Gasteiger partial charge in [0.15, 0.2) is 0 Å². The van der Waals surface area contributed by atoms with Crippen molar-refractivity contribution >= 4 is 11.7 Å². The first-order valence-corrected chi connectivity index (χ1v) is 6.22. The molecular formula is C14H16FN3O. The van der Waals surface area contributed by atoms with Crippen LogP contribution in [0.4, 0.5) is 10.2 Å². The molecule has 1 aromatic carbocycles. The first-order valence-electron chi connectivity index (χ1n) is 6.22. The fourth-order valence-corrected chi connectivity index (χ4v) is 1.73. The van der Waals surface area contributed by atoms with Gasteiger partial charge in [0.2, 0.25) is 0 Å². The molecule has 1 aromatic heterocycles. The van der Waals surface area contributed by atoms with E-state index in [1.165, 1.54) is 24.3 Å². The number of carbonyl (C=O) groups is 1. The van der Waals surface area contributed by atoms with Gasteiger partial charge in [0, 0.05) is 11.6 Å². The van der Waals surface area contributed by atoms with Crippen LogP contribution in [0.15, 0.2) is 36.5 Å². The Morgan fingerprint density at radius 2 is 2.05 bits per heavy atom. The average molecular weight is 261 g/mol. The molecule has 1 N–H and O–H groups in total. The second kappa shape index (κ2) is 5.65. The van der Waals surface area contributed by atoms with Crippen LogP contribution in [0.2, 0.25) is 0 Å². The highest BCUT2D eigenvalue weighted by molar-refractivity contribution is 6.03. The number of hydrogen-bond donors (Lipinski definition) is 1. The topological polar surface area (TPSA) is 46.9 Å². The number of nitrogens with zero attached hydrogens (tertiary/aromatic N) is 2. The number of rotatable bonds is 4. The van der Waals surface area contributed by atoms with Crippen molar-refractivity contribution in [2.75, 3.05) is 5.32 Å². The van der Waals surface area contributed by atoms with Crippen molar-refractivity contribution in [1.82, 2.24) is 9.78 Å². The van der Waals surface area contributed by atoms with E-state index in [0.29, 0.717) is 11.4 Å². The second-order valence-corrected chi connectivity index (χ2v) is 4.38. The molecule has 0 aliphatic heterocycles. The number of nitrogens with one attached hydrogen (secondary N) is 1. The Balaban J connectivity index is 2.15. The lowest BCUT2D eigenvalue weighted by Gasteiger charge is -2.14.